The summed E-state index contributed by atoms with van der Waals surface area (Å²) in [6.45, 7) is 3.90. The van der Waals surface area contributed by atoms with Crippen molar-refractivity contribution in [2.45, 2.75) is 19.1 Å². The largest absolute Gasteiger partial charge is 0.368 e. The highest BCUT2D eigenvalue weighted by Crippen LogP contribution is 2.22. The summed E-state index contributed by atoms with van der Waals surface area (Å²) in [6, 6.07) is 4.95. The van der Waals surface area contributed by atoms with Crippen molar-refractivity contribution in [3.8, 4) is 0 Å². The Bertz CT molecular complexity index is 366. The van der Waals surface area contributed by atoms with E-state index in [0.717, 1.165) is 13.1 Å². The van der Waals surface area contributed by atoms with E-state index < -0.39 is 0 Å². The Morgan fingerprint density at radius 3 is 2.87 bits per heavy atom. The number of nitrogens with one attached hydrogen (secondary N) is 1. The number of hydrogen-bond acceptors (Lipinski definition) is 2. The molecule has 1 aromatic rings. The molecule has 1 saturated heterocycles. The number of rotatable bonds is 3. The number of ether oxygens (including phenoxy) is 1. The first-order valence-corrected chi connectivity index (χ1v) is 5.26. The van der Waals surface area contributed by atoms with Gasteiger partial charge in [-0.05, 0) is 13.0 Å². The molecule has 0 atom stereocenters. The van der Waals surface area contributed by atoms with Gasteiger partial charge in [0.1, 0.15) is 5.82 Å². The van der Waals surface area contributed by atoms with Crippen LogP contribution in [0.25, 0.3) is 0 Å². The fourth-order valence-electron chi connectivity index (χ4n) is 1.49. The first-order valence-electron chi connectivity index (χ1n) is 4.88. The second-order valence-electron chi connectivity index (χ2n) is 4.06. The molecule has 1 aromatic carbocycles. The molecule has 2 rings (SSSR count). The first kappa shape index (κ1) is 10.9. The van der Waals surface area contributed by atoms with E-state index in [0.29, 0.717) is 5.56 Å². The van der Waals surface area contributed by atoms with E-state index >= 15 is 0 Å². The van der Waals surface area contributed by atoms with Gasteiger partial charge in [-0.25, -0.2) is 4.39 Å². The lowest BCUT2D eigenvalue weighted by Crippen LogP contribution is -2.58. The number of benzene rings is 1. The molecule has 1 aliphatic heterocycles. The molecule has 0 aliphatic carbocycles. The maximum Gasteiger partial charge on any atom is 0.147 e. The molecule has 1 fully saturated rings. The van der Waals surface area contributed by atoms with Gasteiger partial charge in [0.2, 0.25) is 0 Å². The summed E-state index contributed by atoms with van der Waals surface area (Å²) in [6.07, 6.45) is 0. The Morgan fingerprint density at radius 1 is 1.53 bits per heavy atom. The average Bonchev–Trinajstić information content (AvgIpc) is 2.17. The van der Waals surface area contributed by atoms with Crippen LogP contribution in [0.5, 0.6) is 0 Å². The summed E-state index contributed by atoms with van der Waals surface area (Å²) in [5, 5.41) is 3.27. The van der Waals surface area contributed by atoms with Crippen LogP contribution < -0.4 is 5.32 Å². The van der Waals surface area contributed by atoms with E-state index in [4.69, 9.17) is 16.3 Å². The lowest BCUT2D eigenvalue weighted by molar-refractivity contribution is -0.0775. The van der Waals surface area contributed by atoms with Crippen LogP contribution in [0.4, 0.5) is 4.39 Å². The van der Waals surface area contributed by atoms with Crippen molar-refractivity contribution < 1.29 is 9.13 Å². The van der Waals surface area contributed by atoms with Gasteiger partial charge in [0.05, 0.1) is 17.2 Å². The third-order valence-corrected chi connectivity index (χ3v) is 2.90. The van der Waals surface area contributed by atoms with Crippen molar-refractivity contribution >= 4 is 11.6 Å². The molecule has 0 bridgehead atoms. The minimum absolute atomic E-state index is 0.146. The van der Waals surface area contributed by atoms with E-state index in [9.17, 15) is 4.39 Å². The molecule has 1 N–H and O–H groups in total. The fraction of sp³-hybridized carbons (Fsp3) is 0.455. The van der Waals surface area contributed by atoms with Crippen molar-refractivity contribution in [2.24, 2.45) is 0 Å². The second-order valence-corrected chi connectivity index (χ2v) is 4.46. The van der Waals surface area contributed by atoms with Gasteiger partial charge in [-0.3, -0.25) is 0 Å². The van der Waals surface area contributed by atoms with Gasteiger partial charge in [0.15, 0.2) is 0 Å². The summed E-state index contributed by atoms with van der Waals surface area (Å²) in [4.78, 5) is 0. The minimum Gasteiger partial charge on any atom is -0.368 e. The van der Waals surface area contributed by atoms with Crippen molar-refractivity contribution in [3.05, 3.63) is 34.6 Å². The summed E-state index contributed by atoms with van der Waals surface area (Å²) < 4.78 is 19.1. The Balaban J connectivity index is 2.01. The van der Waals surface area contributed by atoms with E-state index in [1.54, 1.807) is 12.1 Å². The maximum absolute atomic E-state index is 13.5. The molecule has 1 heterocycles. The van der Waals surface area contributed by atoms with Gasteiger partial charge in [-0.15, -0.1) is 0 Å². The van der Waals surface area contributed by atoms with Crippen LogP contribution in [-0.4, -0.2) is 18.7 Å². The fourth-order valence-corrected chi connectivity index (χ4v) is 1.69. The van der Waals surface area contributed by atoms with Gasteiger partial charge >= 0.3 is 0 Å². The van der Waals surface area contributed by atoms with Gasteiger partial charge < -0.3 is 10.1 Å². The number of hydrogen-bond donors (Lipinski definition) is 1. The molecule has 0 spiro atoms. The maximum atomic E-state index is 13.5. The van der Waals surface area contributed by atoms with Crippen LogP contribution in [0.1, 0.15) is 12.5 Å². The van der Waals surface area contributed by atoms with Crippen LogP contribution in [0.2, 0.25) is 5.02 Å². The summed E-state index contributed by atoms with van der Waals surface area (Å²) in [7, 11) is 0. The molecule has 2 nitrogen and oxygen atoms in total. The van der Waals surface area contributed by atoms with E-state index in [1.165, 1.54) is 6.07 Å². The lowest BCUT2D eigenvalue weighted by Gasteiger charge is -2.39. The molecule has 15 heavy (non-hydrogen) atoms. The van der Waals surface area contributed by atoms with E-state index in [1.807, 2.05) is 6.92 Å². The molecule has 1 aliphatic rings. The van der Waals surface area contributed by atoms with Crippen molar-refractivity contribution in [1.82, 2.24) is 5.32 Å². The molecule has 0 unspecified atom stereocenters. The Morgan fingerprint density at radius 2 is 2.27 bits per heavy atom. The first-order chi connectivity index (χ1) is 7.11. The molecular formula is C11H13ClFNO. The molecule has 0 saturated carbocycles. The highest BCUT2D eigenvalue weighted by Gasteiger charge is 2.32. The molecule has 82 valence electrons. The summed E-state index contributed by atoms with van der Waals surface area (Å²) in [5.74, 6) is -0.380. The third kappa shape index (κ3) is 2.30. The van der Waals surface area contributed by atoms with Gasteiger partial charge in [-0.2, -0.15) is 0 Å². The SMILES string of the molecule is CC1(OCc2cccc(Cl)c2F)CNC1. The Hall–Kier alpha value is -0.640. The zero-order valence-electron chi connectivity index (χ0n) is 8.52. The van der Waals surface area contributed by atoms with E-state index in [-0.39, 0.29) is 23.0 Å². The van der Waals surface area contributed by atoms with Crippen LogP contribution in [0.3, 0.4) is 0 Å². The zero-order valence-corrected chi connectivity index (χ0v) is 9.27. The van der Waals surface area contributed by atoms with Gasteiger partial charge in [0.25, 0.3) is 0 Å². The smallest absolute Gasteiger partial charge is 0.147 e. The lowest BCUT2D eigenvalue weighted by atomic mass is 10.00. The predicted molar refractivity (Wildman–Crippen MR) is 57.5 cm³/mol. The molecule has 0 radical (unpaired) electrons. The van der Waals surface area contributed by atoms with Crippen LogP contribution in [-0.2, 0) is 11.3 Å². The molecular weight excluding hydrogens is 217 g/mol. The second kappa shape index (κ2) is 4.08. The molecule has 0 aromatic heterocycles. The third-order valence-electron chi connectivity index (χ3n) is 2.61. The Kier molecular flexibility index (Phi) is 2.96. The standard InChI is InChI=1S/C11H13ClFNO/c1-11(6-14-7-11)15-5-8-3-2-4-9(12)10(8)13/h2-4,14H,5-7H2,1H3. The van der Waals surface area contributed by atoms with Crippen molar-refractivity contribution in [1.29, 1.82) is 0 Å². The van der Waals surface area contributed by atoms with Gasteiger partial charge in [0, 0.05) is 18.7 Å². The monoisotopic (exact) mass is 229 g/mol. The normalized spacial score (nSPS) is 18.6. The average molecular weight is 230 g/mol. The highest BCUT2D eigenvalue weighted by atomic mass is 35.5. The predicted octanol–water partition coefficient (Wildman–Crippen LogP) is 2.36. The molecule has 0 amide bonds. The Labute approximate surface area is 93.4 Å². The quantitative estimate of drug-likeness (QED) is 0.859. The summed E-state index contributed by atoms with van der Waals surface area (Å²) >= 11 is 5.67. The topological polar surface area (TPSA) is 21.3 Å². The zero-order chi connectivity index (χ0) is 10.9. The minimum atomic E-state index is -0.380. The van der Waals surface area contributed by atoms with Crippen molar-refractivity contribution in [2.75, 3.05) is 13.1 Å². The van der Waals surface area contributed by atoms with Gasteiger partial charge in [-0.1, -0.05) is 23.7 Å². The van der Waals surface area contributed by atoms with Crippen molar-refractivity contribution in [3.63, 3.8) is 0 Å². The number of halogens is 2. The van der Waals surface area contributed by atoms with Crippen LogP contribution in [0, 0.1) is 5.82 Å². The summed E-state index contributed by atoms with van der Waals surface area (Å²) in [5.41, 5.74) is 0.352. The van der Waals surface area contributed by atoms with Crippen LogP contribution in [0.15, 0.2) is 18.2 Å². The van der Waals surface area contributed by atoms with E-state index in [2.05, 4.69) is 5.32 Å². The van der Waals surface area contributed by atoms with Crippen LogP contribution >= 0.6 is 11.6 Å². The molecule has 4 heteroatoms. The highest BCUT2D eigenvalue weighted by molar-refractivity contribution is 6.30.